The van der Waals surface area contributed by atoms with Crippen LogP contribution in [0.15, 0.2) is 18.2 Å². The van der Waals surface area contributed by atoms with Gasteiger partial charge in [-0.3, -0.25) is 4.79 Å². The third-order valence-electron chi connectivity index (χ3n) is 3.49. The first-order chi connectivity index (χ1) is 9.56. The summed E-state index contributed by atoms with van der Waals surface area (Å²) in [4.78, 5) is 22.6. The lowest BCUT2D eigenvalue weighted by atomic mass is 10.1. The summed E-state index contributed by atoms with van der Waals surface area (Å²) < 4.78 is 5.52. The number of hydrogen-bond acceptors (Lipinski definition) is 3. The van der Waals surface area contributed by atoms with Gasteiger partial charge in [0.2, 0.25) is 5.91 Å². The van der Waals surface area contributed by atoms with Crippen LogP contribution in [0.1, 0.15) is 41.6 Å². The van der Waals surface area contributed by atoms with Gasteiger partial charge in [-0.25, -0.2) is 4.79 Å². The van der Waals surface area contributed by atoms with Crippen LogP contribution in [0, 0.1) is 6.92 Å². The molecule has 0 radical (unpaired) electrons. The molecule has 108 valence electrons. The quantitative estimate of drug-likeness (QED) is 0.867. The third kappa shape index (κ3) is 3.81. The van der Waals surface area contributed by atoms with Crippen LogP contribution in [0.25, 0.3) is 0 Å². The van der Waals surface area contributed by atoms with E-state index in [2.05, 4.69) is 5.32 Å². The molecule has 0 heterocycles. The van der Waals surface area contributed by atoms with E-state index >= 15 is 0 Å². The maximum atomic E-state index is 11.7. The Balaban J connectivity index is 1.87. The van der Waals surface area contributed by atoms with Crippen molar-refractivity contribution in [1.82, 2.24) is 0 Å². The van der Waals surface area contributed by atoms with Crippen LogP contribution in [0.5, 0.6) is 0 Å². The Labute approximate surface area is 117 Å². The van der Waals surface area contributed by atoms with Gasteiger partial charge in [0, 0.05) is 5.69 Å². The maximum absolute atomic E-state index is 11.7. The summed E-state index contributed by atoms with van der Waals surface area (Å²) in [5.74, 6) is -1.18. The molecule has 1 aromatic rings. The molecule has 20 heavy (non-hydrogen) atoms. The average molecular weight is 277 g/mol. The van der Waals surface area contributed by atoms with Gasteiger partial charge in [0.1, 0.15) is 6.61 Å². The first kappa shape index (κ1) is 14.5. The van der Waals surface area contributed by atoms with Crippen molar-refractivity contribution in [2.45, 2.75) is 38.7 Å². The van der Waals surface area contributed by atoms with Crippen LogP contribution in [-0.4, -0.2) is 29.7 Å². The van der Waals surface area contributed by atoms with Crippen molar-refractivity contribution in [1.29, 1.82) is 0 Å². The van der Waals surface area contributed by atoms with Gasteiger partial charge in [-0.15, -0.1) is 0 Å². The van der Waals surface area contributed by atoms with Gasteiger partial charge in [0.15, 0.2) is 0 Å². The predicted octanol–water partition coefficient (Wildman–Crippen LogP) is 2.59. The Hall–Kier alpha value is -1.88. The molecule has 2 N–H and O–H groups in total. The van der Waals surface area contributed by atoms with Crippen LogP contribution >= 0.6 is 0 Å². The number of benzene rings is 1. The fourth-order valence-corrected chi connectivity index (χ4v) is 2.43. The summed E-state index contributed by atoms with van der Waals surface area (Å²) >= 11 is 0. The van der Waals surface area contributed by atoms with Crippen LogP contribution in [0.2, 0.25) is 0 Å². The largest absolute Gasteiger partial charge is 0.478 e. The van der Waals surface area contributed by atoms with Crippen molar-refractivity contribution >= 4 is 17.6 Å². The molecule has 0 aliphatic heterocycles. The zero-order valence-electron chi connectivity index (χ0n) is 11.5. The maximum Gasteiger partial charge on any atom is 0.335 e. The van der Waals surface area contributed by atoms with E-state index in [4.69, 9.17) is 9.84 Å². The third-order valence-corrected chi connectivity index (χ3v) is 3.49. The number of amides is 1. The molecule has 2 rings (SSSR count). The second-order valence-electron chi connectivity index (χ2n) is 5.10. The zero-order chi connectivity index (χ0) is 14.5. The minimum absolute atomic E-state index is 0.0460. The Morgan fingerprint density at radius 3 is 2.65 bits per heavy atom. The first-order valence-corrected chi connectivity index (χ1v) is 6.81. The Bertz CT molecular complexity index is 507. The summed E-state index contributed by atoms with van der Waals surface area (Å²) in [5, 5.41) is 11.7. The lowest BCUT2D eigenvalue weighted by Crippen LogP contribution is -2.22. The number of carboxylic acids is 1. The molecule has 0 aromatic heterocycles. The zero-order valence-corrected chi connectivity index (χ0v) is 11.5. The van der Waals surface area contributed by atoms with Crippen molar-refractivity contribution in [2.75, 3.05) is 11.9 Å². The average Bonchev–Trinajstić information content (AvgIpc) is 2.89. The number of carboxylic acid groups (broad SMARTS) is 1. The summed E-state index contributed by atoms with van der Waals surface area (Å²) in [5.41, 5.74) is 1.45. The van der Waals surface area contributed by atoms with Crippen molar-refractivity contribution in [3.05, 3.63) is 29.3 Å². The van der Waals surface area contributed by atoms with E-state index in [0.29, 0.717) is 11.3 Å². The minimum Gasteiger partial charge on any atom is -0.478 e. The number of nitrogens with one attached hydrogen (secondary N) is 1. The van der Waals surface area contributed by atoms with Crippen LogP contribution in [-0.2, 0) is 9.53 Å². The number of carbonyl (C=O) groups is 2. The number of carbonyl (C=O) groups excluding carboxylic acids is 1. The smallest absolute Gasteiger partial charge is 0.335 e. The second kappa shape index (κ2) is 6.52. The fraction of sp³-hybridized carbons (Fsp3) is 0.467. The molecule has 1 aromatic carbocycles. The van der Waals surface area contributed by atoms with Crippen LogP contribution in [0.3, 0.4) is 0 Å². The highest BCUT2D eigenvalue weighted by molar-refractivity contribution is 5.94. The van der Waals surface area contributed by atoms with Crippen LogP contribution in [0.4, 0.5) is 5.69 Å². The van der Waals surface area contributed by atoms with Gasteiger partial charge in [0.05, 0.1) is 11.7 Å². The molecule has 0 bridgehead atoms. The number of hydrogen-bond donors (Lipinski definition) is 2. The Kier molecular flexibility index (Phi) is 4.74. The fourth-order valence-electron chi connectivity index (χ4n) is 2.43. The molecule has 0 unspecified atom stereocenters. The topological polar surface area (TPSA) is 75.6 Å². The molecule has 0 spiro atoms. The SMILES string of the molecule is Cc1cc(NC(=O)COC2CCCC2)ccc1C(=O)O. The molecule has 5 heteroatoms. The second-order valence-corrected chi connectivity index (χ2v) is 5.10. The highest BCUT2D eigenvalue weighted by atomic mass is 16.5. The standard InChI is InChI=1S/C15H19NO4/c1-10-8-11(6-7-13(10)15(18)19)16-14(17)9-20-12-4-2-3-5-12/h6-8,12H,2-5,9H2,1H3,(H,16,17)(H,18,19). The van der Waals surface area contributed by atoms with Gasteiger partial charge < -0.3 is 15.2 Å². The van der Waals surface area contributed by atoms with E-state index in [9.17, 15) is 9.59 Å². The highest BCUT2D eigenvalue weighted by Gasteiger charge is 2.16. The summed E-state index contributed by atoms with van der Waals surface area (Å²) in [6, 6.07) is 4.73. The molecule has 1 aliphatic rings. The molecule has 1 amide bonds. The van der Waals surface area contributed by atoms with E-state index < -0.39 is 5.97 Å². The number of rotatable bonds is 5. The molecular formula is C15H19NO4. The number of aryl methyl sites for hydroxylation is 1. The Morgan fingerprint density at radius 1 is 1.35 bits per heavy atom. The van der Waals surface area contributed by atoms with E-state index in [1.807, 2.05) is 0 Å². The molecule has 0 atom stereocenters. The summed E-state index contributed by atoms with van der Waals surface area (Å²) in [6.45, 7) is 1.75. The normalized spacial score (nSPS) is 15.2. The number of anilines is 1. The first-order valence-electron chi connectivity index (χ1n) is 6.81. The van der Waals surface area contributed by atoms with E-state index in [-0.39, 0.29) is 24.2 Å². The van der Waals surface area contributed by atoms with Crippen molar-refractivity contribution in [3.8, 4) is 0 Å². The molecular weight excluding hydrogens is 258 g/mol. The van der Waals surface area contributed by atoms with E-state index in [1.54, 1.807) is 19.1 Å². The van der Waals surface area contributed by atoms with Gasteiger partial charge >= 0.3 is 5.97 Å². The van der Waals surface area contributed by atoms with Crippen molar-refractivity contribution < 1.29 is 19.4 Å². The van der Waals surface area contributed by atoms with Crippen molar-refractivity contribution in [2.24, 2.45) is 0 Å². The van der Waals surface area contributed by atoms with Crippen molar-refractivity contribution in [3.63, 3.8) is 0 Å². The van der Waals surface area contributed by atoms with E-state index in [0.717, 1.165) is 12.8 Å². The summed E-state index contributed by atoms with van der Waals surface area (Å²) in [7, 11) is 0. The molecule has 1 aliphatic carbocycles. The lowest BCUT2D eigenvalue weighted by Gasteiger charge is -2.11. The molecule has 0 saturated heterocycles. The molecule has 5 nitrogen and oxygen atoms in total. The minimum atomic E-state index is -0.968. The van der Waals surface area contributed by atoms with Crippen LogP contribution < -0.4 is 5.32 Å². The van der Waals surface area contributed by atoms with Gasteiger partial charge in [-0.2, -0.15) is 0 Å². The Morgan fingerprint density at radius 2 is 2.05 bits per heavy atom. The molecule has 1 fully saturated rings. The van der Waals surface area contributed by atoms with Gasteiger partial charge in [0.25, 0.3) is 0 Å². The number of aromatic carboxylic acids is 1. The predicted molar refractivity (Wildman–Crippen MR) is 75.0 cm³/mol. The van der Waals surface area contributed by atoms with E-state index in [1.165, 1.54) is 18.9 Å². The lowest BCUT2D eigenvalue weighted by molar-refractivity contribution is -0.122. The monoisotopic (exact) mass is 277 g/mol. The molecule has 1 saturated carbocycles. The summed E-state index contributed by atoms with van der Waals surface area (Å²) in [6.07, 6.45) is 4.60. The van der Waals surface area contributed by atoms with Gasteiger partial charge in [-0.1, -0.05) is 12.8 Å². The highest BCUT2D eigenvalue weighted by Crippen LogP contribution is 2.21. The van der Waals surface area contributed by atoms with Gasteiger partial charge in [-0.05, 0) is 43.5 Å². The number of ether oxygens (including phenoxy) is 1.